The Hall–Kier alpha value is -1.02. The van der Waals surface area contributed by atoms with E-state index in [0.717, 1.165) is 6.07 Å². The van der Waals surface area contributed by atoms with Gasteiger partial charge in [-0.15, -0.1) is 7.77 Å². The van der Waals surface area contributed by atoms with Crippen LogP contribution in [0.15, 0.2) is 21.9 Å². The van der Waals surface area contributed by atoms with Gasteiger partial charge in [0.15, 0.2) is 0 Å². The monoisotopic (exact) mass is 270 g/mol. The highest BCUT2D eigenvalue weighted by atomic mass is 32.3. The fraction of sp³-hybridized carbons (Fsp3) is 0.250. The van der Waals surface area contributed by atoms with E-state index in [0.29, 0.717) is 6.07 Å². The lowest BCUT2D eigenvalue weighted by Crippen LogP contribution is -2.02. The van der Waals surface area contributed by atoms with E-state index in [1.54, 1.807) is 0 Å². The predicted octanol–water partition coefficient (Wildman–Crippen LogP) is 1.62. The Bertz CT molecular complexity index is 632. The van der Waals surface area contributed by atoms with E-state index in [-0.39, 0.29) is 11.1 Å². The van der Waals surface area contributed by atoms with Gasteiger partial charge < -0.3 is 0 Å². The summed E-state index contributed by atoms with van der Waals surface area (Å²) < 4.78 is 68.0. The third-order valence-corrected chi connectivity index (χ3v) is 3.89. The second-order valence-electron chi connectivity index (χ2n) is 3.24. The van der Waals surface area contributed by atoms with Crippen LogP contribution in [-0.2, 0) is 20.4 Å². The van der Waals surface area contributed by atoms with Crippen molar-refractivity contribution in [2.24, 2.45) is 0 Å². The molecule has 0 heterocycles. The predicted molar refractivity (Wildman–Crippen MR) is 52.5 cm³/mol. The van der Waals surface area contributed by atoms with E-state index >= 15 is 0 Å². The van der Waals surface area contributed by atoms with Crippen molar-refractivity contribution in [3.63, 3.8) is 0 Å². The van der Waals surface area contributed by atoms with Gasteiger partial charge in [-0.05, 0) is 37.1 Å². The first kappa shape index (κ1) is 13.0. The summed E-state index contributed by atoms with van der Waals surface area (Å²) in [4.78, 5) is -1.70. The smallest absolute Gasteiger partial charge is 0.189 e. The first-order chi connectivity index (χ1) is 7.03. The lowest BCUT2D eigenvalue weighted by molar-refractivity contribution is 0.549. The number of aryl methyl sites for hydroxylation is 1. The molecule has 0 saturated carbocycles. The molecule has 0 fully saturated rings. The molecule has 4 nitrogen and oxygen atoms in total. The Balaban J connectivity index is 3.72. The van der Waals surface area contributed by atoms with Crippen LogP contribution in [0.3, 0.4) is 0 Å². The quantitative estimate of drug-likeness (QED) is 0.766. The van der Waals surface area contributed by atoms with E-state index in [1.165, 1.54) is 13.8 Å². The van der Waals surface area contributed by atoms with E-state index in [4.69, 9.17) is 0 Å². The van der Waals surface area contributed by atoms with Gasteiger partial charge in [-0.2, -0.15) is 16.8 Å². The zero-order valence-electron chi connectivity index (χ0n) is 8.36. The summed E-state index contributed by atoms with van der Waals surface area (Å²) in [5.41, 5.74) is 0.227. The van der Waals surface area contributed by atoms with Crippen molar-refractivity contribution in [3.05, 3.63) is 23.3 Å². The minimum atomic E-state index is -5.07. The Kier molecular flexibility index (Phi) is 3.08. The summed E-state index contributed by atoms with van der Waals surface area (Å²) in [6, 6.07) is 1.41. The molecular formula is C8H8F2O4S2. The zero-order chi connectivity index (χ0) is 12.7. The number of halogens is 2. The first-order valence-corrected chi connectivity index (χ1v) is 6.81. The Morgan fingerprint density at radius 1 is 0.938 bits per heavy atom. The van der Waals surface area contributed by atoms with Crippen molar-refractivity contribution < 1.29 is 24.6 Å². The van der Waals surface area contributed by atoms with Gasteiger partial charge in [0, 0.05) is 0 Å². The minimum absolute atomic E-state index is 0.0508. The van der Waals surface area contributed by atoms with Crippen molar-refractivity contribution in [2.45, 2.75) is 23.6 Å². The van der Waals surface area contributed by atoms with Crippen LogP contribution in [0.25, 0.3) is 0 Å². The summed E-state index contributed by atoms with van der Waals surface area (Å²) >= 11 is 0. The molecular weight excluding hydrogens is 262 g/mol. The SMILES string of the molecule is Cc1cc(S(=O)(=O)F)cc(S(=O)(=O)F)c1C. The highest BCUT2D eigenvalue weighted by Crippen LogP contribution is 2.25. The van der Waals surface area contributed by atoms with Gasteiger partial charge in [0.1, 0.15) is 9.79 Å². The van der Waals surface area contributed by atoms with Crippen molar-refractivity contribution in [2.75, 3.05) is 0 Å². The zero-order valence-corrected chi connectivity index (χ0v) is 9.99. The molecule has 0 atom stereocenters. The van der Waals surface area contributed by atoms with Gasteiger partial charge in [0.2, 0.25) is 0 Å². The van der Waals surface area contributed by atoms with Gasteiger partial charge >= 0.3 is 20.4 Å². The van der Waals surface area contributed by atoms with E-state index in [2.05, 4.69) is 0 Å². The molecule has 0 spiro atoms. The second-order valence-corrected chi connectivity index (χ2v) is 5.90. The van der Waals surface area contributed by atoms with Gasteiger partial charge in [-0.3, -0.25) is 0 Å². The molecule has 90 valence electrons. The van der Waals surface area contributed by atoms with Crippen LogP contribution in [-0.4, -0.2) is 16.8 Å². The van der Waals surface area contributed by atoms with Gasteiger partial charge in [0.05, 0.1) is 0 Å². The normalized spacial score (nSPS) is 12.8. The number of hydrogen-bond donors (Lipinski definition) is 0. The molecule has 16 heavy (non-hydrogen) atoms. The van der Waals surface area contributed by atoms with Crippen molar-refractivity contribution in [3.8, 4) is 0 Å². The third-order valence-electron chi connectivity index (χ3n) is 2.14. The maximum Gasteiger partial charge on any atom is 0.332 e. The third kappa shape index (κ3) is 2.56. The largest absolute Gasteiger partial charge is 0.332 e. The standard InChI is InChI=1S/C8H8F2O4S2/c1-5-3-7(15(9,11)12)4-8(6(5)2)16(10,13)14/h3-4H,1-2H3. The Labute approximate surface area is 92.3 Å². The second kappa shape index (κ2) is 3.77. The molecule has 8 heteroatoms. The molecule has 0 unspecified atom stereocenters. The van der Waals surface area contributed by atoms with Crippen LogP contribution in [0.4, 0.5) is 7.77 Å². The molecule has 0 aliphatic rings. The van der Waals surface area contributed by atoms with Crippen LogP contribution in [0.5, 0.6) is 0 Å². The number of rotatable bonds is 2. The molecule has 0 aromatic heterocycles. The minimum Gasteiger partial charge on any atom is -0.189 e. The maximum absolute atomic E-state index is 12.8. The van der Waals surface area contributed by atoms with Crippen LogP contribution in [0.1, 0.15) is 11.1 Å². The Morgan fingerprint density at radius 3 is 1.81 bits per heavy atom. The first-order valence-electron chi connectivity index (χ1n) is 4.04. The molecule has 0 bridgehead atoms. The average Bonchev–Trinajstić information content (AvgIpc) is 2.05. The van der Waals surface area contributed by atoms with Crippen molar-refractivity contribution in [1.29, 1.82) is 0 Å². The summed E-state index contributed by atoms with van der Waals surface area (Å²) in [5, 5.41) is 0. The molecule has 0 radical (unpaired) electrons. The molecule has 0 aliphatic heterocycles. The number of hydrogen-bond acceptors (Lipinski definition) is 4. The molecule has 0 aliphatic carbocycles. The van der Waals surface area contributed by atoms with E-state index in [9.17, 15) is 24.6 Å². The summed E-state index contributed by atoms with van der Waals surface area (Å²) in [7, 11) is -10.1. The van der Waals surface area contributed by atoms with Gasteiger partial charge in [-0.25, -0.2) is 0 Å². The van der Waals surface area contributed by atoms with Crippen LogP contribution < -0.4 is 0 Å². The molecule has 0 amide bonds. The topological polar surface area (TPSA) is 68.3 Å². The fourth-order valence-corrected chi connectivity index (χ4v) is 2.63. The number of benzene rings is 1. The van der Waals surface area contributed by atoms with Gasteiger partial charge in [-0.1, -0.05) is 0 Å². The summed E-state index contributed by atoms with van der Waals surface area (Å²) in [5.74, 6) is 0. The lowest BCUT2D eigenvalue weighted by atomic mass is 10.1. The molecule has 0 saturated heterocycles. The molecule has 1 aromatic carbocycles. The summed E-state index contributed by atoms with van der Waals surface area (Å²) in [6.07, 6.45) is 0. The van der Waals surface area contributed by atoms with Crippen molar-refractivity contribution >= 4 is 20.4 Å². The van der Waals surface area contributed by atoms with Gasteiger partial charge in [0.25, 0.3) is 0 Å². The van der Waals surface area contributed by atoms with Crippen molar-refractivity contribution in [1.82, 2.24) is 0 Å². The van der Waals surface area contributed by atoms with Crippen LogP contribution in [0.2, 0.25) is 0 Å². The highest BCUT2D eigenvalue weighted by molar-refractivity contribution is 7.87. The maximum atomic E-state index is 12.8. The fourth-order valence-electron chi connectivity index (χ4n) is 1.19. The molecule has 0 N–H and O–H groups in total. The molecule has 1 aromatic rings. The highest BCUT2D eigenvalue weighted by Gasteiger charge is 2.22. The average molecular weight is 270 g/mol. The van der Waals surface area contributed by atoms with E-state index < -0.39 is 30.2 Å². The van der Waals surface area contributed by atoms with E-state index in [1.807, 2.05) is 0 Å². The Morgan fingerprint density at radius 2 is 1.44 bits per heavy atom. The van der Waals surface area contributed by atoms with Crippen LogP contribution >= 0.6 is 0 Å². The summed E-state index contributed by atoms with van der Waals surface area (Å²) in [6.45, 7) is 2.66. The lowest BCUT2D eigenvalue weighted by Gasteiger charge is -2.06. The van der Waals surface area contributed by atoms with Crippen LogP contribution in [0, 0.1) is 13.8 Å². The molecule has 1 rings (SSSR count).